The number of rotatable bonds is 2. The van der Waals surface area contributed by atoms with Gasteiger partial charge in [0.2, 0.25) is 0 Å². The van der Waals surface area contributed by atoms with Gasteiger partial charge in [0.15, 0.2) is 0 Å². The molecule has 0 saturated carbocycles. The van der Waals surface area contributed by atoms with Crippen molar-refractivity contribution < 1.29 is 17.6 Å². The molecule has 2 rings (SSSR count). The van der Waals surface area contributed by atoms with Crippen molar-refractivity contribution in [1.29, 1.82) is 0 Å². The first kappa shape index (κ1) is 17.2. The van der Waals surface area contributed by atoms with Gasteiger partial charge in [0, 0.05) is 26.2 Å². The molecule has 0 bridgehead atoms. The van der Waals surface area contributed by atoms with E-state index in [0.29, 0.717) is 31.7 Å². The molecule has 0 aromatic heterocycles. The van der Waals surface area contributed by atoms with Gasteiger partial charge in [-0.2, -0.15) is 13.2 Å². The number of piperazine rings is 1. The van der Waals surface area contributed by atoms with Crippen molar-refractivity contribution in [2.45, 2.75) is 19.1 Å². The van der Waals surface area contributed by atoms with Crippen LogP contribution in [0.3, 0.4) is 0 Å². The molecule has 1 aromatic carbocycles. The molecule has 0 aliphatic carbocycles. The largest absolute Gasteiger partial charge is 0.408 e. The van der Waals surface area contributed by atoms with Crippen LogP contribution >= 0.6 is 12.4 Å². The zero-order valence-electron chi connectivity index (χ0n) is 11.0. The molecule has 114 valence electrons. The highest BCUT2D eigenvalue weighted by Gasteiger charge is 2.45. The molecule has 1 N–H and O–H groups in total. The number of hydrogen-bond donors (Lipinski definition) is 1. The molecule has 1 saturated heterocycles. The van der Waals surface area contributed by atoms with Crippen LogP contribution in [-0.2, 0) is 0 Å². The van der Waals surface area contributed by atoms with Gasteiger partial charge in [-0.3, -0.25) is 4.90 Å². The van der Waals surface area contributed by atoms with Gasteiger partial charge in [-0.25, -0.2) is 4.39 Å². The van der Waals surface area contributed by atoms with Crippen molar-refractivity contribution in [3.63, 3.8) is 0 Å². The second-order valence-electron chi connectivity index (χ2n) is 4.73. The zero-order chi connectivity index (χ0) is 14.0. The van der Waals surface area contributed by atoms with Crippen LogP contribution in [0.25, 0.3) is 0 Å². The second-order valence-corrected chi connectivity index (χ2v) is 4.73. The normalized spacial score (nSPS) is 18.4. The Morgan fingerprint density at radius 1 is 1.20 bits per heavy atom. The van der Waals surface area contributed by atoms with E-state index in [4.69, 9.17) is 0 Å². The van der Waals surface area contributed by atoms with Crippen molar-refractivity contribution in [2.24, 2.45) is 0 Å². The maximum atomic E-state index is 13.3. The fourth-order valence-corrected chi connectivity index (χ4v) is 2.43. The maximum absolute atomic E-state index is 13.3. The molecule has 1 aliphatic rings. The fourth-order valence-electron chi connectivity index (χ4n) is 2.43. The Morgan fingerprint density at radius 3 is 2.35 bits per heavy atom. The standard InChI is InChI=1S/C13H16F4N2.ClH/c1-9-2-3-10(14)8-11(9)12(13(15,16)17)19-6-4-18-5-7-19;/h2-3,8,12,18H,4-7H2,1H3;1H/t12-;/m1./s1. The van der Waals surface area contributed by atoms with Crippen molar-refractivity contribution in [2.75, 3.05) is 26.2 Å². The number of alkyl halides is 3. The predicted molar refractivity (Wildman–Crippen MR) is 71.6 cm³/mol. The van der Waals surface area contributed by atoms with Crippen LogP contribution in [0.2, 0.25) is 0 Å². The van der Waals surface area contributed by atoms with E-state index in [1.54, 1.807) is 6.92 Å². The first-order chi connectivity index (χ1) is 8.89. The van der Waals surface area contributed by atoms with E-state index in [1.165, 1.54) is 17.0 Å². The summed E-state index contributed by atoms with van der Waals surface area (Å²) in [6.45, 7) is 3.22. The summed E-state index contributed by atoms with van der Waals surface area (Å²) in [6.07, 6.45) is -4.41. The summed E-state index contributed by atoms with van der Waals surface area (Å²) in [5.74, 6) is -0.634. The van der Waals surface area contributed by atoms with E-state index in [1.807, 2.05) is 0 Å². The van der Waals surface area contributed by atoms with E-state index >= 15 is 0 Å². The Balaban J connectivity index is 0.00000200. The Hall–Kier alpha value is -0.850. The molecule has 20 heavy (non-hydrogen) atoms. The van der Waals surface area contributed by atoms with Crippen LogP contribution in [0, 0.1) is 12.7 Å². The van der Waals surface area contributed by atoms with Crippen molar-refractivity contribution in [1.82, 2.24) is 10.2 Å². The average molecular weight is 313 g/mol. The Bertz CT molecular complexity index is 444. The number of nitrogens with zero attached hydrogens (tertiary/aromatic N) is 1. The topological polar surface area (TPSA) is 15.3 Å². The average Bonchev–Trinajstić information content (AvgIpc) is 2.33. The third-order valence-electron chi connectivity index (χ3n) is 3.36. The van der Waals surface area contributed by atoms with Crippen LogP contribution in [0.15, 0.2) is 18.2 Å². The molecule has 0 amide bonds. The number of aryl methyl sites for hydroxylation is 1. The lowest BCUT2D eigenvalue weighted by Gasteiger charge is -2.36. The van der Waals surface area contributed by atoms with E-state index in [0.717, 1.165) is 6.07 Å². The lowest BCUT2D eigenvalue weighted by molar-refractivity contribution is -0.188. The SMILES string of the molecule is Cc1ccc(F)cc1[C@@H](N1CCNCC1)C(F)(F)F.Cl. The molecule has 2 nitrogen and oxygen atoms in total. The molecule has 0 spiro atoms. The molecule has 1 atom stereocenters. The summed E-state index contributed by atoms with van der Waals surface area (Å²) in [4.78, 5) is 1.36. The third kappa shape index (κ3) is 3.84. The number of hydrogen-bond acceptors (Lipinski definition) is 2. The predicted octanol–water partition coefficient (Wildman–Crippen LogP) is 3.06. The minimum atomic E-state index is -4.41. The minimum Gasteiger partial charge on any atom is -0.314 e. The summed E-state index contributed by atoms with van der Waals surface area (Å²) in [5, 5.41) is 3.02. The Kier molecular flexibility index (Phi) is 5.79. The molecule has 0 unspecified atom stereocenters. The highest BCUT2D eigenvalue weighted by atomic mass is 35.5. The van der Waals surface area contributed by atoms with E-state index < -0.39 is 18.0 Å². The Labute approximate surface area is 121 Å². The monoisotopic (exact) mass is 312 g/mol. The first-order valence-corrected chi connectivity index (χ1v) is 6.17. The molecule has 1 heterocycles. The molecule has 7 heteroatoms. The van der Waals surface area contributed by atoms with Gasteiger partial charge in [-0.15, -0.1) is 12.4 Å². The van der Waals surface area contributed by atoms with Crippen LogP contribution in [0.1, 0.15) is 17.2 Å². The Morgan fingerprint density at radius 2 is 1.80 bits per heavy atom. The van der Waals surface area contributed by atoms with E-state index in [-0.39, 0.29) is 18.0 Å². The first-order valence-electron chi connectivity index (χ1n) is 6.17. The summed E-state index contributed by atoms with van der Waals surface area (Å²) >= 11 is 0. The van der Waals surface area contributed by atoms with Gasteiger partial charge in [-0.05, 0) is 30.2 Å². The van der Waals surface area contributed by atoms with Crippen LogP contribution in [0.5, 0.6) is 0 Å². The van der Waals surface area contributed by atoms with Crippen LogP contribution in [-0.4, -0.2) is 37.3 Å². The fraction of sp³-hybridized carbons (Fsp3) is 0.538. The number of halogens is 5. The summed E-state index contributed by atoms with van der Waals surface area (Å²) in [7, 11) is 0. The summed E-state index contributed by atoms with van der Waals surface area (Å²) in [5.41, 5.74) is 0.469. The minimum absolute atomic E-state index is 0. The highest BCUT2D eigenvalue weighted by Crippen LogP contribution is 2.39. The van der Waals surface area contributed by atoms with Gasteiger partial charge >= 0.3 is 6.18 Å². The maximum Gasteiger partial charge on any atom is 0.408 e. The highest BCUT2D eigenvalue weighted by molar-refractivity contribution is 5.85. The van der Waals surface area contributed by atoms with Crippen molar-refractivity contribution in [3.05, 3.63) is 35.1 Å². The second kappa shape index (κ2) is 6.74. The quantitative estimate of drug-likeness (QED) is 0.844. The lowest BCUT2D eigenvalue weighted by atomic mass is 9.98. The van der Waals surface area contributed by atoms with Gasteiger partial charge in [0.1, 0.15) is 11.9 Å². The molecular weight excluding hydrogens is 296 g/mol. The molecule has 1 aliphatic heterocycles. The van der Waals surface area contributed by atoms with Crippen molar-refractivity contribution in [3.8, 4) is 0 Å². The van der Waals surface area contributed by atoms with Gasteiger partial charge in [-0.1, -0.05) is 6.07 Å². The molecule has 1 fully saturated rings. The number of benzene rings is 1. The molecule has 0 radical (unpaired) electrons. The molecule has 1 aromatic rings. The zero-order valence-corrected chi connectivity index (χ0v) is 11.8. The van der Waals surface area contributed by atoms with Crippen LogP contribution in [0.4, 0.5) is 17.6 Å². The van der Waals surface area contributed by atoms with Crippen LogP contribution < -0.4 is 5.32 Å². The number of nitrogens with one attached hydrogen (secondary N) is 1. The summed E-state index contributed by atoms with van der Waals surface area (Å²) < 4.78 is 53.2. The third-order valence-corrected chi connectivity index (χ3v) is 3.36. The molecular formula is C13H17ClF4N2. The van der Waals surface area contributed by atoms with Gasteiger partial charge in [0.05, 0.1) is 0 Å². The van der Waals surface area contributed by atoms with Gasteiger partial charge < -0.3 is 5.32 Å². The summed E-state index contributed by atoms with van der Waals surface area (Å²) in [6, 6.07) is 1.84. The smallest absolute Gasteiger partial charge is 0.314 e. The van der Waals surface area contributed by atoms with E-state index in [9.17, 15) is 17.6 Å². The lowest BCUT2D eigenvalue weighted by Crippen LogP contribution is -2.49. The van der Waals surface area contributed by atoms with Crippen molar-refractivity contribution >= 4 is 12.4 Å². The van der Waals surface area contributed by atoms with Gasteiger partial charge in [0.25, 0.3) is 0 Å². The van der Waals surface area contributed by atoms with E-state index in [2.05, 4.69) is 5.32 Å².